The van der Waals surface area contributed by atoms with Crippen molar-refractivity contribution in [2.75, 3.05) is 0 Å². The zero-order valence-corrected chi connectivity index (χ0v) is 13.6. The van der Waals surface area contributed by atoms with Crippen molar-refractivity contribution in [1.29, 1.82) is 0 Å². The number of rotatable bonds is 1. The summed E-state index contributed by atoms with van der Waals surface area (Å²) in [7, 11) is 0. The molecule has 2 bridgehead atoms. The fourth-order valence-electron chi connectivity index (χ4n) is 5.45. The molecule has 21 heavy (non-hydrogen) atoms. The Balaban J connectivity index is 1.79. The van der Waals surface area contributed by atoms with Gasteiger partial charge in [0.15, 0.2) is 11.9 Å². The van der Waals surface area contributed by atoms with E-state index in [1.807, 2.05) is 6.92 Å². The first-order valence-corrected chi connectivity index (χ1v) is 8.70. The van der Waals surface area contributed by atoms with Crippen molar-refractivity contribution in [3.63, 3.8) is 0 Å². The van der Waals surface area contributed by atoms with Crippen LogP contribution in [0.15, 0.2) is 0 Å². The van der Waals surface area contributed by atoms with Crippen LogP contribution in [0.25, 0.3) is 0 Å². The summed E-state index contributed by atoms with van der Waals surface area (Å²) in [5, 5.41) is 0. The van der Waals surface area contributed by atoms with Crippen LogP contribution >= 0.6 is 0 Å². The fraction of sp³-hybridized carbons (Fsp3) is 1.00. The molecule has 5 aliphatic rings. The van der Waals surface area contributed by atoms with Crippen molar-refractivity contribution in [3.8, 4) is 0 Å². The van der Waals surface area contributed by atoms with Crippen LogP contribution in [-0.2, 0) is 19.2 Å². The van der Waals surface area contributed by atoms with Crippen LogP contribution < -0.4 is 0 Å². The van der Waals surface area contributed by atoms with Gasteiger partial charge < -0.3 is 9.47 Å². The molecule has 1 spiro atoms. The third kappa shape index (κ3) is 1.82. The van der Waals surface area contributed by atoms with Gasteiger partial charge in [-0.25, -0.2) is 9.78 Å². The molecule has 5 rings (SSSR count). The Kier molecular flexibility index (Phi) is 3.21. The summed E-state index contributed by atoms with van der Waals surface area (Å²) in [6, 6.07) is 0. The van der Waals surface area contributed by atoms with Crippen molar-refractivity contribution in [1.82, 2.24) is 0 Å². The monoisotopic (exact) mass is 296 g/mol. The van der Waals surface area contributed by atoms with E-state index in [-0.39, 0.29) is 12.4 Å². The minimum Gasteiger partial charge on any atom is -0.346 e. The van der Waals surface area contributed by atoms with Gasteiger partial charge in [-0.3, -0.25) is 0 Å². The third-order valence-electron chi connectivity index (χ3n) is 6.70. The van der Waals surface area contributed by atoms with E-state index in [0.717, 1.165) is 19.3 Å². The van der Waals surface area contributed by atoms with Crippen LogP contribution in [0.2, 0.25) is 0 Å². The van der Waals surface area contributed by atoms with E-state index in [1.54, 1.807) is 0 Å². The van der Waals surface area contributed by atoms with Crippen LogP contribution in [0.1, 0.15) is 59.8 Å². The van der Waals surface area contributed by atoms with Gasteiger partial charge in [-0.15, -0.1) is 0 Å². The molecule has 2 unspecified atom stereocenters. The van der Waals surface area contributed by atoms with Gasteiger partial charge in [0.05, 0.1) is 6.10 Å². The third-order valence-corrected chi connectivity index (χ3v) is 6.70. The molecule has 4 heterocycles. The molecule has 0 N–H and O–H groups in total. The fourth-order valence-corrected chi connectivity index (χ4v) is 5.45. The van der Waals surface area contributed by atoms with Gasteiger partial charge in [-0.05, 0) is 50.4 Å². The van der Waals surface area contributed by atoms with E-state index in [4.69, 9.17) is 19.2 Å². The van der Waals surface area contributed by atoms with Crippen LogP contribution in [0, 0.1) is 23.7 Å². The summed E-state index contributed by atoms with van der Waals surface area (Å²) in [6.45, 7) is 8.86. The summed E-state index contributed by atoms with van der Waals surface area (Å²) in [6.07, 6.45) is 5.51. The molecule has 4 aliphatic heterocycles. The van der Waals surface area contributed by atoms with Crippen molar-refractivity contribution in [2.45, 2.75) is 83.6 Å². The molecule has 1 saturated carbocycles. The Labute approximate surface area is 127 Å². The first-order valence-electron chi connectivity index (χ1n) is 8.70. The molecule has 4 saturated heterocycles. The first-order chi connectivity index (χ1) is 10.00. The minimum absolute atomic E-state index is 0.266. The van der Waals surface area contributed by atoms with Gasteiger partial charge in [0.2, 0.25) is 5.79 Å². The summed E-state index contributed by atoms with van der Waals surface area (Å²) >= 11 is 0. The van der Waals surface area contributed by atoms with E-state index in [0.29, 0.717) is 23.7 Å². The molecular weight excluding hydrogens is 268 g/mol. The first kappa shape index (κ1) is 14.4. The van der Waals surface area contributed by atoms with Gasteiger partial charge in [0.25, 0.3) is 0 Å². The van der Waals surface area contributed by atoms with Gasteiger partial charge in [0, 0.05) is 12.3 Å². The van der Waals surface area contributed by atoms with Crippen LogP contribution in [0.3, 0.4) is 0 Å². The maximum atomic E-state index is 6.38. The van der Waals surface area contributed by atoms with E-state index in [1.165, 1.54) is 12.8 Å². The Morgan fingerprint density at radius 1 is 1.05 bits per heavy atom. The van der Waals surface area contributed by atoms with Crippen LogP contribution in [0.4, 0.5) is 0 Å². The lowest BCUT2D eigenvalue weighted by Crippen LogP contribution is -2.70. The van der Waals surface area contributed by atoms with E-state index >= 15 is 0 Å². The number of fused-ring (bicyclic) bond motifs is 2. The Bertz CT molecular complexity index is 427. The molecule has 1 aliphatic carbocycles. The molecule has 0 amide bonds. The predicted molar refractivity (Wildman–Crippen MR) is 77.1 cm³/mol. The average Bonchev–Trinajstić information content (AvgIpc) is 2.69. The highest BCUT2D eigenvalue weighted by Crippen LogP contribution is 2.60. The lowest BCUT2D eigenvalue weighted by atomic mass is 9.57. The topological polar surface area (TPSA) is 36.9 Å². The molecule has 4 heteroatoms. The smallest absolute Gasteiger partial charge is 0.201 e. The second-order valence-corrected chi connectivity index (χ2v) is 7.85. The largest absolute Gasteiger partial charge is 0.346 e. The van der Waals surface area contributed by atoms with Gasteiger partial charge in [0.1, 0.15) is 0 Å². The number of hydrogen-bond donors (Lipinski definition) is 0. The molecule has 4 nitrogen and oxygen atoms in total. The molecule has 0 aromatic heterocycles. The second kappa shape index (κ2) is 4.67. The summed E-state index contributed by atoms with van der Waals surface area (Å²) < 4.78 is 12.7. The molecule has 0 radical (unpaired) electrons. The second-order valence-electron chi connectivity index (χ2n) is 7.85. The van der Waals surface area contributed by atoms with E-state index < -0.39 is 11.4 Å². The molecule has 0 aromatic carbocycles. The Hall–Kier alpha value is -0.160. The minimum atomic E-state index is -0.642. The van der Waals surface area contributed by atoms with Crippen LogP contribution in [-0.4, -0.2) is 23.8 Å². The highest BCUT2D eigenvalue weighted by atomic mass is 17.3. The average molecular weight is 296 g/mol. The Morgan fingerprint density at radius 3 is 2.62 bits per heavy atom. The zero-order valence-electron chi connectivity index (χ0n) is 13.6. The molecule has 120 valence electrons. The maximum absolute atomic E-state index is 6.38. The van der Waals surface area contributed by atoms with Crippen molar-refractivity contribution < 1.29 is 19.2 Å². The highest BCUT2D eigenvalue weighted by molar-refractivity contribution is 5.09. The van der Waals surface area contributed by atoms with Crippen molar-refractivity contribution >= 4 is 0 Å². The zero-order chi connectivity index (χ0) is 14.8. The highest BCUT2D eigenvalue weighted by Gasteiger charge is 2.69. The van der Waals surface area contributed by atoms with E-state index in [9.17, 15) is 0 Å². The molecule has 5 fully saturated rings. The maximum Gasteiger partial charge on any atom is 0.201 e. The number of hydrogen-bond acceptors (Lipinski definition) is 4. The van der Waals surface area contributed by atoms with Crippen molar-refractivity contribution in [2.24, 2.45) is 23.7 Å². The molecule has 8 atom stereocenters. The van der Waals surface area contributed by atoms with Crippen LogP contribution in [0.5, 0.6) is 0 Å². The SMILES string of the molecule is CC[C@H]1O[C@@H]2O[C@]3(C)CCC4[C@H](C)CCC([C@H]1C)[C@]42OO3. The summed E-state index contributed by atoms with van der Waals surface area (Å²) in [4.78, 5) is 11.9. The van der Waals surface area contributed by atoms with Crippen molar-refractivity contribution in [3.05, 3.63) is 0 Å². The normalized spacial score (nSPS) is 59.4. The molecule has 0 aromatic rings. The summed E-state index contributed by atoms with van der Waals surface area (Å²) in [5.74, 6) is 1.45. The lowest BCUT2D eigenvalue weighted by molar-refractivity contribution is -0.571. The Morgan fingerprint density at radius 2 is 1.86 bits per heavy atom. The van der Waals surface area contributed by atoms with Gasteiger partial charge >= 0.3 is 0 Å². The molecular formula is C17H28O4. The number of ether oxygens (including phenoxy) is 2. The lowest BCUT2D eigenvalue weighted by Gasteiger charge is -2.60. The summed E-state index contributed by atoms with van der Waals surface area (Å²) in [5.41, 5.74) is -0.390. The predicted octanol–water partition coefficient (Wildman–Crippen LogP) is 3.65. The van der Waals surface area contributed by atoms with Gasteiger partial charge in [-0.1, -0.05) is 20.8 Å². The quantitative estimate of drug-likeness (QED) is 0.692. The standard InChI is InChI=1S/C17H28O4/c1-5-14-11(3)13-7-6-10(2)12-8-9-16(4)19-15(18-14)17(12,13)21-20-16/h10-15H,5-9H2,1-4H3/t10-,11-,12?,13?,14-,15-,16+,17-/m1/s1. The van der Waals surface area contributed by atoms with Gasteiger partial charge in [-0.2, -0.15) is 0 Å². The van der Waals surface area contributed by atoms with E-state index in [2.05, 4.69) is 20.8 Å².